The van der Waals surface area contributed by atoms with Crippen LogP contribution in [0.4, 0.5) is 10.1 Å². The zero-order valence-electron chi connectivity index (χ0n) is 11.6. The number of carbonyl (C=O) groups is 1. The summed E-state index contributed by atoms with van der Waals surface area (Å²) in [4.78, 5) is 12.1. The summed E-state index contributed by atoms with van der Waals surface area (Å²) in [6.07, 6.45) is 0. The van der Waals surface area contributed by atoms with Crippen LogP contribution in [-0.4, -0.2) is 5.91 Å². The topological polar surface area (TPSA) is 29.1 Å². The lowest BCUT2D eigenvalue weighted by atomic mass is 10.1. The van der Waals surface area contributed by atoms with Gasteiger partial charge in [0.05, 0.1) is 0 Å². The molecule has 2 rings (SSSR count). The van der Waals surface area contributed by atoms with Crippen LogP contribution in [0.15, 0.2) is 34.8 Å². The molecule has 2 aromatic rings. The number of hydrogen-bond acceptors (Lipinski definition) is 1. The van der Waals surface area contributed by atoms with Gasteiger partial charge < -0.3 is 5.32 Å². The Balaban J connectivity index is 2.25. The molecule has 0 aliphatic rings. The lowest BCUT2D eigenvalue weighted by Gasteiger charge is -2.10. The van der Waals surface area contributed by atoms with Crippen molar-refractivity contribution in [1.29, 1.82) is 0 Å². The van der Waals surface area contributed by atoms with Crippen molar-refractivity contribution in [1.82, 2.24) is 0 Å². The molecule has 104 valence electrons. The van der Waals surface area contributed by atoms with E-state index >= 15 is 0 Å². The van der Waals surface area contributed by atoms with Gasteiger partial charge in [0.15, 0.2) is 0 Å². The van der Waals surface area contributed by atoms with E-state index in [1.54, 1.807) is 13.0 Å². The van der Waals surface area contributed by atoms with E-state index in [2.05, 4.69) is 21.2 Å². The molecule has 0 atom stereocenters. The third kappa shape index (κ3) is 3.07. The molecular weight excluding hydrogens is 321 g/mol. The van der Waals surface area contributed by atoms with E-state index in [9.17, 15) is 9.18 Å². The molecule has 0 aromatic heterocycles. The van der Waals surface area contributed by atoms with Gasteiger partial charge in [0.1, 0.15) is 5.82 Å². The molecule has 20 heavy (non-hydrogen) atoms. The standard InChI is InChI=1S/C16H15BrFNO/c1-9-6-12(4-5-14(9)18)16(20)19-13-7-10(2)15(17)11(3)8-13/h4-8H,1-3H3,(H,19,20). The molecular formula is C16H15BrFNO. The minimum Gasteiger partial charge on any atom is -0.322 e. The summed E-state index contributed by atoms with van der Waals surface area (Å²) in [5.41, 5.74) is 3.74. The highest BCUT2D eigenvalue weighted by molar-refractivity contribution is 9.10. The molecule has 2 aromatic carbocycles. The van der Waals surface area contributed by atoms with Crippen molar-refractivity contribution >= 4 is 27.5 Å². The molecule has 0 aliphatic carbocycles. The maximum absolute atomic E-state index is 13.2. The monoisotopic (exact) mass is 335 g/mol. The Bertz CT molecular complexity index is 659. The number of nitrogens with one attached hydrogen (secondary N) is 1. The summed E-state index contributed by atoms with van der Waals surface area (Å²) in [6, 6.07) is 8.12. The molecule has 1 amide bonds. The van der Waals surface area contributed by atoms with Gasteiger partial charge in [0.2, 0.25) is 0 Å². The second-order valence-corrected chi connectivity index (χ2v) is 5.64. The van der Waals surface area contributed by atoms with Gasteiger partial charge in [-0.1, -0.05) is 15.9 Å². The van der Waals surface area contributed by atoms with E-state index in [1.807, 2.05) is 26.0 Å². The molecule has 0 spiro atoms. The van der Waals surface area contributed by atoms with Gasteiger partial charge in [0.25, 0.3) is 5.91 Å². The zero-order valence-corrected chi connectivity index (χ0v) is 13.1. The summed E-state index contributed by atoms with van der Waals surface area (Å²) in [5.74, 6) is -0.550. The van der Waals surface area contributed by atoms with Crippen LogP contribution in [-0.2, 0) is 0 Å². The Morgan fingerprint density at radius 3 is 2.20 bits per heavy atom. The molecule has 0 bridgehead atoms. The fraction of sp³-hybridized carbons (Fsp3) is 0.188. The maximum atomic E-state index is 13.2. The second-order valence-electron chi connectivity index (χ2n) is 4.84. The highest BCUT2D eigenvalue weighted by Gasteiger charge is 2.09. The van der Waals surface area contributed by atoms with Crippen LogP contribution in [0.1, 0.15) is 27.0 Å². The van der Waals surface area contributed by atoms with E-state index in [0.29, 0.717) is 11.1 Å². The quantitative estimate of drug-likeness (QED) is 0.841. The smallest absolute Gasteiger partial charge is 0.255 e. The Kier molecular flexibility index (Phi) is 4.23. The fourth-order valence-corrected chi connectivity index (χ4v) is 2.24. The van der Waals surface area contributed by atoms with Crippen LogP contribution in [0.3, 0.4) is 0 Å². The number of hydrogen-bond donors (Lipinski definition) is 1. The van der Waals surface area contributed by atoms with Gasteiger partial charge in [-0.05, 0) is 67.8 Å². The van der Waals surface area contributed by atoms with Gasteiger partial charge >= 0.3 is 0 Å². The number of carbonyl (C=O) groups excluding carboxylic acids is 1. The van der Waals surface area contributed by atoms with Crippen molar-refractivity contribution in [3.05, 3.63) is 62.9 Å². The lowest BCUT2D eigenvalue weighted by molar-refractivity contribution is 0.102. The maximum Gasteiger partial charge on any atom is 0.255 e. The minimum atomic E-state index is -0.308. The Morgan fingerprint density at radius 2 is 1.65 bits per heavy atom. The van der Waals surface area contributed by atoms with E-state index < -0.39 is 0 Å². The fourth-order valence-electron chi connectivity index (χ4n) is 2.01. The number of amides is 1. The molecule has 1 N–H and O–H groups in total. The van der Waals surface area contributed by atoms with Crippen LogP contribution in [0.5, 0.6) is 0 Å². The third-order valence-electron chi connectivity index (χ3n) is 3.11. The second kappa shape index (κ2) is 5.75. The van der Waals surface area contributed by atoms with Gasteiger partial charge in [-0.2, -0.15) is 0 Å². The van der Waals surface area contributed by atoms with E-state index in [1.165, 1.54) is 12.1 Å². The van der Waals surface area contributed by atoms with Crippen molar-refractivity contribution in [3.8, 4) is 0 Å². The van der Waals surface area contributed by atoms with Crippen molar-refractivity contribution in [3.63, 3.8) is 0 Å². The Hall–Kier alpha value is -1.68. The Labute approximate surface area is 126 Å². The van der Waals surface area contributed by atoms with Gasteiger partial charge in [-0.25, -0.2) is 4.39 Å². The summed E-state index contributed by atoms with van der Waals surface area (Å²) in [5, 5.41) is 2.83. The summed E-state index contributed by atoms with van der Waals surface area (Å²) in [7, 11) is 0. The van der Waals surface area contributed by atoms with Gasteiger partial charge in [0, 0.05) is 15.7 Å². The molecule has 0 fully saturated rings. The van der Waals surface area contributed by atoms with Crippen molar-refractivity contribution < 1.29 is 9.18 Å². The van der Waals surface area contributed by atoms with Crippen LogP contribution in [0.25, 0.3) is 0 Å². The summed E-state index contributed by atoms with van der Waals surface area (Å²) in [6.45, 7) is 5.57. The minimum absolute atomic E-state index is 0.241. The van der Waals surface area contributed by atoms with Crippen LogP contribution in [0, 0.1) is 26.6 Å². The molecule has 0 saturated heterocycles. The zero-order chi connectivity index (χ0) is 14.9. The largest absolute Gasteiger partial charge is 0.322 e. The predicted octanol–water partition coefficient (Wildman–Crippen LogP) is 4.77. The molecule has 0 aliphatic heterocycles. The first kappa shape index (κ1) is 14.7. The molecule has 0 radical (unpaired) electrons. The number of rotatable bonds is 2. The normalized spacial score (nSPS) is 10.4. The highest BCUT2D eigenvalue weighted by atomic mass is 79.9. The third-order valence-corrected chi connectivity index (χ3v) is 4.37. The van der Waals surface area contributed by atoms with Crippen molar-refractivity contribution in [2.45, 2.75) is 20.8 Å². The molecule has 0 unspecified atom stereocenters. The van der Waals surface area contributed by atoms with Gasteiger partial charge in [-0.3, -0.25) is 4.79 Å². The molecule has 0 saturated carbocycles. The number of halogens is 2. The predicted molar refractivity (Wildman–Crippen MR) is 82.7 cm³/mol. The van der Waals surface area contributed by atoms with Crippen molar-refractivity contribution in [2.75, 3.05) is 5.32 Å². The number of anilines is 1. The SMILES string of the molecule is Cc1cc(C(=O)Nc2cc(C)c(Br)c(C)c2)ccc1F. The Morgan fingerprint density at radius 1 is 1.05 bits per heavy atom. The lowest BCUT2D eigenvalue weighted by Crippen LogP contribution is -2.12. The van der Waals surface area contributed by atoms with Gasteiger partial charge in [-0.15, -0.1) is 0 Å². The first-order valence-corrected chi connectivity index (χ1v) is 7.02. The number of benzene rings is 2. The summed E-state index contributed by atoms with van der Waals surface area (Å²) < 4.78 is 14.2. The number of aryl methyl sites for hydroxylation is 3. The van der Waals surface area contributed by atoms with Crippen molar-refractivity contribution in [2.24, 2.45) is 0 Å². The van der Waals surface area contributed by atoms with Crippen LogP contribution >= 0.6 is 15.9 Å². The van der Waals surface area contributed by atoms with Crippen LogP contribution in [0.2, 0.25) is 0 Å². The average molecular weight is 336 g/mol. The summed E-state index contributed by atoms with van der Waals surface area (Å²) >= 11 is 3.49. The molecule has 0 heterocycles. The van der Waals surface area contributed by atoms with Crippen LogP contribution < -0.4 is 5.32 Å². The first-order valence-electron chi connectivity index (χ1n) is 6.22. The van der Waals surface area contributed by atoms with E-state index in [-0.39, 0.29) is 11.7 Å². The average Bonchev–Trinajstić information content (AvgIpc) is 2.39. The highest BCUT2D eigenvalue weighted by Crippen LogP contribution is 2.25. The molecule has 2 nitrogen and oxygen atoms in total. The van der Waals surface area contributed by atoms with E-state index in [0.717, 1.165) is 21.3 Å². The van der Waals surface area contributed by atoms with E-state index in [4.69, 9.17) is 0 Å². The molecule has 4 heteroatoms. The first-order chi connectivity index (χ1) is 9.38.